The van der Waals surface area contributed by atoms with Crippen molar-refractivity contribution in [1.29, 1.82) is 0 Å². The second-order valence-electron chi connectivity index (χ2n) is 4.93. The molecule has 0 radical (unpaired) electrons. The lowest BCUT2D eigenvalue weighted by atomic mass is 10.1. The maximum absolute atomic E-state index is 3.71. The lowest BCUT2D eigenvalue weighted by Crippen LogP contribution is -2.25. The zero-order valence-electron chi connectivity index (χ0n) is 10.8. The van der Waals surface area contributed by atoms with Crippen molar-refractivity contribution in [1.82, 2.24) is 4.90 Å². The van der Waals surface area contributed by atoms with Crippen LogP contribution in [0, 0.1) is 0 Å². The number of para-hydroxylation sites is 1. The molecule has 94 valence electrons. The summed E-state index contributed by atoms with van der Waals surface area (Å²) in [5, 5.41) is 3.71. The van der Waals surface area contributed by atoms with Gasteiger partial charge in [-0.1, -0.05) is 18.2 Å². The molecule has 0 bridgehead atoms. The van der Waals surface area contributed by atoms with Gasteiger partial charge in [0, 0.05) is 18.3 Å². The maximum Gasteiger partial charge on any atom is 0.0388 e. The van der Waals surface area contributed by atoms with Crippen molar-refractivity contribution < 1.29 is 0 Å². The van der Waals surface area contributed by atoms with Gasteiger partial charge in [0.1, 0.15) is 0 Å². The first-order chi connectivity index (χ1) is 8.25. The summed E-state index contributed by atoms with van der Waals surface area (Å²) in [5.41, 5.74) is 2.72. The lowest BCUT2D eigenvalue weighted by Gasteiger charge is -2.25. The fourth-order valence-corrected chi connectivity index (χ4v) is 3.31. The number of benzene rings is 1. The average molecular weight is 250 g/mol. The fraction of sp³-hybridized carbons (Fsp3) is 0.571. The van der Waals surface area contributed by atoms with E-state index >= 15 is 0 Å². The summed E-state index contributed by atoms with van der Waals surface area (Å²) in [6, 6.07) is 9.35. The van der Waals surface area contributed by atoms with Crippen LogP contribution in [-0.4, -0.2) is 36.5 Å². The first-order valence-electron chi connectivity index (χ1n) is 6.32. The van der Waals surface area contributed by atoms with E-state index in [1.54, 1.807) is 0 Å². The molecule has 1 N–H and O–H groups in total. The molecule has 2 rings (SSSR count). The molecule has 0 atom stereocenters. The Hall–Kier alpha value is -0.670. The van der Waals surface area contributed by atoms with Gasteiger partial charge in [0.15, 0.2) is 0 Å². The largest absolute Gasteiger partial charge is 0.382 e. The van der Waals surface area contributed by atoms with Gasteiger partial charge >= 0.3 is 0 Å². The van der Waals surface area contributed by atoms with Crippen molar-refractivity contribution in [3.05, 3.63) is 29.8 Å². The van der Waals surface area contributed by atoms with E-state index in [-0.39, 0.29) is 0 Å². The third kappa shape index (κ3) is 3.93. The van der Waals surface area contributed by atoms with Gasteiger partial charge < -0.3 is 10.2 Å². The molecule has 1 saturated heterocycles. The van der Waals surface area contributed by atoms with Crippen molar-refractivity contribution in [3.8, 4) is 0 Å². The number of thioether (sulfide) groups is 1. The van der Waals surface area contributed by atoms with Crippen LogP contribution in [0.25, 0.3) is 0 Å². The van der Waals surface area contributed by atoms with Gasteiger partial charge in [-0.05, 0) is 50.1 Å². The minimum atomic E-state index is 0.666. The Kier molecular flexibility index (Phi) is 4.75. The Morgan fingerprint density at radius 2 is 1.94 bits per heavy atom. The van der Waals surface area contributed by atoms with Crippen LogP contribution in [0.5, 0.6) is 0 Å². The van der Waals surface area contributed by atoms with Crippen molar-refractivity contribution >= 4 is 17.4 Å². The zero-order valence-corrected chi connectivity index (χ0v) is 11.6. The molecule has 0 unspecified atom stereocenters. The van der Waals surface area contributed by atoms with E-state index in [9.17, 15) is 0 Å². The summed E-state index contributed by atoms with van der Waals surface area (Å²) in [6.07, 6.45) is 2.59. The molecule has 1 aromatic carbocycles. The minimum Gasteiger partial charge on any atom is -0.382 e. The van der Waals surface area contributed by atoms with Gasteiger partial charge in [-0.2, -0.15) is 11.8 Å². The van der Waals surface area contributed by atoms with Gasteiger partial charge in [-0.15, -0.1) is 0 Å². The second kappa shape index (κ2) is 6.31. The molecule has 1 aliphatic heterocycles. The number of hydrogen-bond donors (Lipinski definition) is 1. The van der Waals surface area contributed by atoms with Crippen LogP contribution in [0.3, 0.4) is 0 Å². The van der Waals surface area contributed by atoms with E-state index in [0.717, 1.165) is 6.54 Å². The van der Waals surface area contributed by atoms with Gasteiger partial charge in [-0.3, -0.25) is 0 Å². The van der Waals surface area contributed by atoms with Crippen molar-refractivity contribution in [2.24, 2.45) is 0 Å². The molecule has 1 aromatic rings. The standard InChI is InChI=1S/C14H22N2S/c1-16(2)11-12-5-3-4-6-14(12)15-13-7-9-17-10-8-13/h3-6,13,15H,7-11H2,1-2H3. The van der Waals surface area contributed by atoms with E-state index in [4.69, 9.17) is 0 Å². The predicted octanol–water partition coefficient (Wildman–Crippen LogP) is 3.06. The Balaban J connectivity index is 2.03. The van der Waals surface area contributed by atoms with Crippen LogP contribution < -0.4 is 5.32 Å². The third-order valence-electron chi connectivity index (χ3n) is 3.08. The molecule has 0 saturated carbocycles. The summed E-state index contributed by atoms with van der Waals surface area (Å²) in [7, 11) is 4.24. The highest BCUT2D eigenvalue weighted by atomic mass is 32.2. The van der Waals surface area contributed by atoms with Crippen LogP contribution in [0.2, 0.25) is 0 Å². The normalized spacial score (nSPS) is 17.4. The highest BCUT2D eigenvalue weighted by Gasteiger charge is 2.14. The number of rotatable bonds is 4. The van der Waals surface area contributed by atoms with Gasteiger partial charge in [0.25, 0.3) is 0 Å². The third-order valence-corrected chi connectivity index (χ3v) is 4.13. The summed E-state index contributed by atoms with van der Waals surface area (Å²) in [5.74, 6) is 2.60. The number of nitrogens with zero attached hydrogens (tertiary/aromatic N) is 1. The van der Waals surface area contributed by atoms with Crippen LogP contribution in [0.4, 0.5) is 5.69 Å². The number of nitrogens with one attached hydrogen (secondary N) is 1. The lowest BCUT2D eigenvalue weighted by molar-refractivity contribution is 0.403. The molecule has 0 aromatic heterocycles. The van der Waals surface area contributed by atoms with Gasteiger partial charge in [-0.25, -0.2) is 0 Å². The van der Waals surface area contributed by atoms with Crippen LogP contribution in [0.1, 0.15) is 18.4 Å². The summed E-state index contributed by atoms with van der Waals surface area (Å²) in [6.45, 7) is 1.00. The Morgan fingerprint density at radius 3 is 2.65 bits per heavy atom. The second-order valence-corrected chi connectivity index (χ2v) is 6.15. The Labute approximate surface area is 109 Å². The Bertz CT molecular complexity index is 346. The Morgan fingerprint density at radius 1 is 1.24 bits per heavy atom. The van der Waals surface area contributed by atoms with Gasteiger partial charge in [0.2, 0.25) is 0 Å². The van der Waals surface area contributed by atoms with E-state index in [1.807, 2.05) is 0 Å². The van der Waals surface area contributed by atoms with Gasteiger partial charge in [0.05, 0.1) is 0 Å². The van der Waals surface area contributed by atoms with Crippen molar-refractivity contribution in [2.75, 3.05) is 30.9 Å². The number of hydrogen-bond acceptors (Lipinski definition) is 3. The minimum absolute atomic E-state index is 0.666. The van der Waals surface area contributed by atoms with E-state index < -0.39 is 0 Å². The van der Waals surface area contributed by atoms with Crippen molar-refractivity contribution in [2.45, 2.75) is 25.4 Å². The van der Waals surface area contributed by atoms with Crippen LogP contribution in [0.15, 0.2) is 24.3 Å². The quantitative estimate of drug-likeness (QED) is 0.884. The van der Waals surface area contributed by atoms with Crippen LogP contribution >= 0.6 is 11.8 Å². The molecule has 17 heavy (non-hydrogen) atoms. The summed E-state index contributed by atoms with van der Waals surface area (Å²) >= 11 is 2.08. The molecule has 0 aliphatic carbocycles. The summed E-state index contributed by atoms with van der Waals surface area (Å²) < 4.78 is 0. The monoisotopic (exact) mass is 250 g/mol. The van der Waals surface area contributed by atoms with Crippen molar-refractivity contribution in [3.63, 3.8) is 0 Å². The molecule has 1 heterocycles. The highest BCUT2D eigenvalue weighted by Crippen LogP contribution is 2.23. The maximum atomic E-state index is 3.71. The fourth-order valence-electron chi connectivity index (χ4n) is 2.20. The molecule has 1 aliphatic rings. The van der Waals surface area contributed by atoms with E-state index in [1.165, 1.54) is 35.6 Å². The molecule has 0 amide bonds. The average Bonchev–Trinajstić information content (AvgIpc) is 2.32. The van der Waals surface area contributed by atoms with Crippen LogP contribution in [-0.2, 0) is 6.54 Å². The zero-order chi connectivity index (χ0) is 12.1. The smallest absolute Gasteiger partial charge is 0.0388 e. The molecular formula is C14H22N2S. The highest BCUT2D eigenvalue weighted by molar-refractivity contribution is 7.99. The predicted molar refractivity (Wildman–Crippen MR) is 77.8 cm³/mol. The molecule has 3 heteroatoms. The molecule has 2 nitrogen and oxygen atoms in total. The van der Waals surface area contributed by atoms with E-state index in [0.29, 0.717) is 6.04 Å². The molecular weight excluding hydrogens is 228 g/mol. The van der Waals surface area contributed by atoms with E-state index in [2.05, 4.69) is 60.3 Å². The summed E-state index contributed by atoms with van der Waals surface area (Å²) in [4.78, 5) is 2.22. The topological polar surface area (TPSA) is 15.3 Å². The first kappa shape index (κ1) is 12.8. The SMILES string of the molecule is CN(C)Cc1ccccc1NC1CCSCC1. The number of anilines is 1. The first-order valence-corrected chi connectivity index (χ1v) is 7.48. The molecule has 1 fully saturated rings. The molecule has 0 spiro atoms.